The van der Waals surface area contributed by atoms with Gasteiger partial charge in [-0.25, -0.2) is 0 Å². The molecule has 0 aliphatic carbocycles. The molecular formula is C14H21NO3. The Labute approximate surface area is 108 Å². The lowest BCUT2D eigenvalue weighted by molar-refractivity contribution is -0.135. The maximum absolute atomic E-state index is 10.9. The Hall–Kier alpha value is -1.55. The number of carbonyl (C=O) groups is 1. The van der Waals surface area contributed by atoms with Gasteiger partial charge in [-0.05, 0) is 25.0 Å². The Morgan fingerprint density at radius 1 is 1.22 bits per heavy atom. The summed E-state index contributed by atoms with van der Waals surface area (Å²) in [5, 5.41) is 19.3. The topological polar surface area (TPSA) is 60.8 Å². The van der Waals surface area contributed by atoms with Gasteiger partial charge in [-0.1, -0.05) is 32.0 Å². The van der Waals surface area contributed by atoms with Crippen LogP contribution in [0.2, 0.25) is 0 Å². The third kappa shape index (κ3) is 4.04. The molecule has 0 aromatic heterocycles. The Morgan fingerprint density at radius 3 is 2.22 bits per heavy atom. The second-order valence-electron chi connectivity index (χ2n) is 4.52. The minimum Gasteiger partial charge on any atom is -0.480 e. The molecule has 1 aromatic rings. The molecule has 1 rings (SSSR count). The highest BCUT2D eigenvalue weighted by Gasteiger charge is 2.26. The van der Waals surface area contributed by atoms with Crippen LogP contribution in [-0.2, 0) is 4.79 Å². The van der Waals surface area contributed by atoms with E-state index in [1.807, 2.05) is 44.2 Å². The highest BCUT2D eigenvalue weighted by atomic mass is 16.4. The predicted octanol–water partition coefficient (Wildman–Crippen LogP) is 2.13. The van der Waals surface area contributed by atoms with Gasteiger partial charge in [-0.15, -0.1) is 0 Å². The van der Waals surface area contributed by atoms with Crippen molar-refractivity contribution in [2.75, 3.05) is 18.0 Å². The van der Waals surface area contributed by atoms with E-state index in [0.717, 1.165) is 5.69 Å². The average molecular weight is 251 g/mol. The minimum absolute atomic E-state index is 0.105. The molecule has 0 bridgehead atoms. The van der Waals surface area contributed by atoms with E-state index in [9.17, 15) is 9.90 Å². The maximum atomic E-state index is 10.9. The van der Waals surface area contributed by atoms with Gasteiger partial charge >= 0.3 is 5.97 Å². The summed E-state index contributed by atoms with van der Waals surface area (Å²) in [6.07, 6.45) is 1.21. The van der Waals surface area contributed by atoms with E-state index in [0.29, 0.717) is 19.4 Å². The Balaban J connectivity index is 2.89. The Kier molecular flexibility index (Phi) is 5.16. The number of rotatable bonds is 7. The third-order valence-corrected chi connectivity index (χ3v) is 3.25. The molecule has 18 heavy (non-hydrogen) atoms. The van der Waals surface area contributed by atoms with E-state index < -0.39 is 11.6 Å². The van der Waals surface area contributed by atoms with Crippen molar-refractivity contribution in [2.45, 2.75) is 32.3 Å². The molecule has 0 spiro atoms. The number of nitrogens with zero attached hydrogens (tertiary/aromatic N) is 1. The molecule has 0 amide bonds. The van der Waals surface area contributed by atoms with Gasteiger partial charge in [0.25, 0.3) is 0 Å². The van der Waals surface area contributed by atoms with E-state index in [-0.39, 0.29) is 6.54 Å². The molecule has 4 nitrogen and oxygen atoms in total. The molecule has 0 heterocycles. The molecule has 4 heteroatoms. The van der Waals surface area contributed by atoms with Gasteiger partial charge in [-0.2, -0.15) is 0 Å². The molecule has 0 unspecified atom stereocenters. The van der Waals surface area contributed by atoms with Crippen molar-refractivity contribution in [1.82, 2.24) is 0 Å². The first kappa shape index (κ1) is 14.5. The van der Waals surface area contributed by atoms with E-state index in [1.165, 1.54) is 0 Å². The third-order valence-electron chi connectivity index (χ3n) is 3.25. The van der Waals surface area contributed by atoms with Crippen molar-refractivity contribution < 1.29 is 15.0 Å². The summed E-state index contributed by atoms with van der Waals surface area (Å²) in [5.41, 5.74) is -0.0223. The van der Waals surface area contributed by atoms with Crippen LogP contribution >= 0.6 is 0 Å². The molecule has 0 radical (unpaired) electrons. The number of carboxylic acids is 1. The lowest BCUT2D eigenvalue weighted by atomic mass is 9.96. The first-order valence-electron chi connectivity index (χ1n) is 6.25. The highest BCUT2D eigenvalue weighted by Crippen LogP contribution is 2.21. The molecule has 0 atom stereocenters. The lowest BCUT2D eigenvalue weighted by Crippen LogP contribution is -2.44. The fourth-order valence-electron chi connectivity index (χ4n) is 1.87. The van der Waals surface area contributed by atoms with E-state index in [4.69, 9.17) is 5.11 Å². The zero-order valence-electron chi connectivity index (χ0n) is 11.0. The molecular weight excluding hydrogens is 230 g/mol. The van der Waals surface area contributed by atoms with Crippen LogP contribution in [0.15, 0.2) is 30.3 Å². The van der Waals surface area contributed by atoms with Gasteiger partial charge in [0, 0.05) is 12.2 Å². The quantitative estimate of drug-likeness (QED) is 0.779. The molecule has 1 aromatic carbocycles. The molecule has 0 aliphatic rings. The summed E-state index contributed by atoms with van der Waals surface area (Å²) in [4.78, 5) is 12.6. The largest absolute Gasteiger partial charge is 0.480 e. The predicted molar refractivity (Wildman–Crippen MR) is 71.8 cm³/mol. The summed E-state index contributed by atoms with van der Waals surface area (Å²) >= 11 is 0. The van der Waals surface area contributed by atoms with Crippen molar-refractivity contribution in [3.63, 3.8) is 0 Å². The van der Waals surface area contributed by atoms with Crippen LogP contribution in [0.4, 0.5) is 5.69 Å². The minimum atomic E-state index is -0.895. The number of hydrogen-bond acceptors (Lipinski definition) is 3. The Morgan fingerprint density at radius 2 is 1.78 bits per heavy atom. The van der Waals surface area contributed by atoms with Gasteiger partial charge in [0.2, 0.25) is 0 Å². The van der Waals surface area contributed by atoms with Crippen LogP contribution in [0.3, 0.4) is 0 Å². The molecule has 0 fully saturated rings. The molecule has 0 saturated carbocycles. The first-order chi connectivity index (χ1) is 8.50. The lowest BCUT2D eigenvalue weighted by Gasteiger charge is -2.33. The molecule has 100 valence electrons. The van der Waals surface area contributed by atoms with Gasteiger partial charge in [0.1, 0.15) is 6.54 Å². The number of anilines is 1. The Bertz CT molecular complexity index is 374. The highest BCUT2D eigenvalue weighted by molar-refractivity contribution is 5.73. The van der Waals surface area contributed by atoms with Crippen molar-refractivity contribution in [2.24, 2.45) is 0 Å². The summed E-state index contributed by atoms with van der Waals surface area (Å²) < 4.78 is 0. The monoisotopic (exact) mass is 251 g/mol. The zero-order chi connectivity index (χ0) is 13.6. The number of aliphatic carboxylic acids is 1. The maximum Gasteiger partial charge on any atom is 0.323 e. The molecule has 2 N–H and O–H groups in total. The average Bonchev–Trinajstić information content (AvgIpc) is 2.38. The van der Waals surface area contributed by atoms with E-state index in [1.54, 1.807) is 4.90 Å². The van der Waals surface area contributed by atoms with E-state index >= 15 is 0 Å². The fraction of sp³-hybridized carbons (Fsp3) is 0.500. The SMILES string of the molecule is CCC(O)(CC)CN(CC(=O)O)c1ccccc1. The summed E-state index contributed by atoms with van der Waals surface area (Å²) in [6, 6.07) is 9.32. The molecule has 0 aliphatic heterocycles. The number of carboxylic acid groups (broad SMARTS) is 1. The number of aliphatic hydroxyl groups is 1. The zero-order valence-corrected chi connectivity index (χ0v) is 11.0. The second-order valence-corrected chi connectivity index (χ2v) is 4.52. The normalized spacial score (nSPS) is 11.3. The number of hydrogen-bond donors (Lipinski definition) is 2. The van der Waals surface area contributed by atoms with Gasteiger partial charge in [-0.3, -0.25) is 4.79 Å². The number of para-hydroxylation sites is 1. The van der Waals surface area contributed by atoms with Crippen LogP contribution in [0.25, 0.3) is 0 Å². The fourth-order valence-corrected chi connectivity index (χ4v) is 1.87. The van der Waals surface area contributed by atoms with Crippen molar-refractivity contribution in [1.29, 1.82) is 0 Å². The summed E-state index contributed by atoms with van der Waals surface area (Å²) in [7, 11) is 0. The molecule has 0 saturated heterocycles. The van der Waals surface area contributed by atoms with Gasteiger partial charge < -0.3 is 15.1 Å². The van der Waals surface area contributed by atoms with E-state index in [2.05, 4.69) is 0 Å². The first-order valence-corrected chi connectivity index (χ1v) is 6.25. The van der Waals surface area contributed by atoms with Gasteiger partial charge in [0.15, 0.2) is 0 Å². The van der Waals surface area contributed by atoms with Crippen molar-refractivity contribution in [3.05, 3.63) is 30.3 Å². The van der Waals surface area contributed by atoms with Crippen LogP contribution in [-0.4, -0.2) is 34.9 Å². The number of benzene rings is 1. The van der Waals surface area contributed by atoms with Crippen LogP contribution in [0, 0.1) is 0 Å². The standard InChI is InChI=1S/C14H21NO3/c1-3-14(18,4-2)11-15(10-13(16)17)12-8-6-5-7-9-12/h5-9,18H,3-4,10-11H2,1-2H3,(H,16,17). The van der Waals surface area contributed by atoms with Crippen molar-refractivity contribution >= 4 is 11.7 Å². The smallest absolute Gasteiger partial charge is 0.323 e. The van der Waals surface area contributed by atoms with Crippen LogP contribution < -0.4 is 4.90 Å². The van der Waals surface area contributed by atoms with Crippen LogP contribution in [0.1, 0.15) is 26.7 Å². The van der Waals surface area contributed by atoms with Gasteiger partial charge in [0.05, 0.1) is 5.60 Å². The summed E-state index contributed by atoms with van der Waals surface area (Å²) in [6.45, 7) is 4.05. The summed E-state index contributed by atoms with van der Waals surface area (Å²) in [5.74, 6) is -0.895. The van der Waals surface area contributed by atoms with Crippen LogP contribution in [0.5, 0.6) is 0 Å². The van der Waals surface area contributed by atoms with Crippen molar-refractivity contribution in [3.8, 4) is 0 Å². The second kappa shape index (κ2) is 6.40.